The molecular weight excluding hydrogens is 234 g/mol. The van der Waals surface area contributed by atoms with Gasteiger partial charge in [0.05, 0.1) is 0 Å². The van der Waals surface area contributed by atoms with E-state index in [-0.39, 0.29) is 6.04 Å². The molecule has 0 saturated heterocycles. The second-order valence-electron chi connectivity index (χ2n) is 4.58. The highest BCUT2D eigenvalue weighted by Crippen LogP contribution is 2.22. The SMILES string of the molecule is CCOCCC(N)c1ccc(-c2ccccc2)cc1. The Labute approximate surface area is 115 Å². The maximum absolute atomic E-state index is 6.14. The van der Waals surface area contributed by atoms with Crippen molar-refractivity contribution >= 4 is 0 Å². The average Bonchev–Trinajstić information content (AvgIpc) is 2.48. The van der Waals surface area contributed by atoms with Crippen LogP contribution >= 0.6 is 0 Å². The molecule has 0 aromatic heterocycles. The molecule has 0 fully saturated rings. The van der Waals surface area contributed by atoms with Gasteiger partial charge in [-0.3, -0.25) is 0 Å². The molecule has 2 rings (SSSR count). The molecule has 0 amide bonds. The minimum Gasteiger partial charge on any atom is -0.382 e. The standard InChI is InChI=1S/C17H21NO/c1-2-19-13-12-17(18)16-10-8-15(9-11-16)14-6-4-3-5-7-14/h3-11,17H,2,12-13,18H2,1H3. The van der Waals surface area contributed by atoms with E-state index in [1.807, 2.05) is 13.0 Å². The zero-order valence-electron chi connectivity index (χ0n) is 11.4. The molecule has 2 heteroatoms. The highest BCUT2D eigenvalue weighted by molar-refractivity contribution is 5.63. The van der Waals surface area contributed by atoms with Crippen molar-refractivity contribution in [1.29, 1.82) is 0 Å². The normalized spacial score (nSPS) is 12.3. The molecule has 0 bridgehead atoms. The lowest BCUT2D eigenvalue weighted by Gasteiger charge is -2.12. The first kappa shape index (κ1) is 13.8. The Hall–Kier alpha value is -1.64. The molecule has 1 atom stereocenters. The summed E-state index contributed by atoms with van der Waals surface area (Å²) < 4.78 is 5.34. The van der Waals surface area contributed by atoms with Crippen molar-refractivity contribution < 1.29 is 4.74 Å². The van der Waals surface area contributed by atoms with Crippen LogP contribution in [0.3, 0.4) is 0 Å². The van der Waals surface area contributed by atoms with E-state index in [1.165, 1.54) is 16.7 Å². The molecule has 0 saturated carbocycles. The summed E-state index contributed by atoms with van der Waals surface area (Å²) in [7, 11) is 0. The minimum absolute atomic E-state index is 0.0522. The summed E-state index contributed by atoms with van der Waals surface area (Å²) in [5.74, 6) is 0. The van der Waals surface area contributed by atoms with Crippen LogP contribution in [0.5, 0.6) is 0 Å². The summed E-state index contributed by atoms with van der Waals surface area (Å²) in [6.45, 7) is 3.47. The quantitative estimate of drug-likeness (QED) is 0.797. The van der Waals surface area contributed by atoms with E-state index < -0.39 is 0 Å². The molecule has 2 N–H and O–H groups in total. The van der Waals surface area contributed by atoms with Gasteiger partial charge in [-0.2, -0.15) is 0 Å². The van der Waals surface area contributed by atoms with Crippen molar-refractivity contribution in [3.05, 3.63) is 60.2 Å². The Balaban J connectivity index is 2.02. The lowest BCUT2D eigenvalue weighted by atomic mass is 10.00. The van der Waals surface area contributed by atoms with Crippen molar-refractivity contribution in [2.24, 2.45) is 5.73 Å². The molecule has 0 heterocycles. The van der Waals surface area contributed by atoms with E-state index in [0.29, 0.717) is 0 Å². The van der Waals surface area contributed by atoms with Gasteiger partial charge in [0.2, 0.25) is 0 Å². The maximum atomic E-state index is 6.14. The van der Waals surface area contributed by atoms with Crippen molar-refractivity contribution in [2.75, 3.05) is 13.2 Å². The third-order valence-corrected chi connectivity index (χ3v) is 3.22. The zero-order chi connectivity index (χ0) is 13.5. The molecule has 0 aliphatic carbocycles. The van der Waals surface area contributed by atoms with Gasteiger partial charge in [-0.1, -0.05) is 54.6 Å². The number of hydrogen-bond donors (Lipinski definition) is 1. The second-order valence-corrected chi connectivity index (χ2v) is 4.58. The Morgan fingerprint density at radius 2 is 1.58 bits per heavy atom. The topological polar surface area (TPSA) is 35.2 Å². The molecule has 0 radical (unpaired) electrons. The van der Waals surface area contributed by atoms with Gasteiger partial charge in [0.25, 0.3) is 0 Å². The molecule has 0 spiro atoms. The van der Waals surface area contributed by atoms with Crippen LogP contribution in [0.1, 0.15) is 24.9 Å². The third-order valence-electron chi connectivity index (χ3n) is 3.22. The fourth-order valence-electron chi connectivity index (χ4n) is 2.07. The van der Waals surface area contributed by atoms with Gasteiger partial charge in [0.15, 0.2) is 0 Å². The average molecular weight is 255 g/mol. The first-order chi connectivity index (χ1) is 9.31. The van der Waals surface area contributed by atoms with E-state index in [0.717, 1.165) is 19.6 Å². The van der Waals surface area contributed by atoms with Crippen LogP contribution in [-0.2, 0) is 4.74 Å². The fraction of sp³-hybridized carbons (Fsp3) is 0.294. The first-order valence-electron chi connectivity index (χ1n) is 6.80. The van der Waals surface area contributed by atoms with Crippen LogP contribution in [0.2, 0.25) is 0 Å². The van der Waals surface area contributed by atoms with Gasteiger partial charge in [0.1, 0.15) is 0 Å². The Morgan fingerprint density at radius 3 is 2.21 bits per heavy atom. The maximum Gasteiger partial charge on any atom is 0.0483 e. The van der Waals surface area contributed by atoms with Gasteiger partial charge in [-0.25, -0.2) is 0 Å². The molecule has 100 valence electrons. The Morgan fingerprint density at radius 1 is 0.947 bits per heavy atom. The van der Waals surface area contributed by atoms with Crippen molar-refractivity contribution in [2.45, 2.75) is 19.4 Å². The smallest absolute Gasteiger partial charge is 0.0483 e. The van der Waals surface area contributed by atoms with Crippen LogP contribution in [-0.4, -0.2) is 13.2 Å². The first-order valence-corrected chi connectivity index (χ1v) is 6.80. The molecular formula is C17H21NO. The number of nitrogens with two attached hydrogens (primary N) is 1. The third kappa shape index (κ3) is 3.91. The van der Waals surface area contributed by atoms with Crippen LogP contribution in [0, 0.1) is 0 Å². The predicted molar refractivity (Wildman–Crippen MR) is 79.9 cm³/mol. The number of benzene rings is 2. The Kier molecular flexibility index (Phi) is 5.13. The summed E-state index contributed by atoms with van der Waals surface area (Å²) in [5.41, 5.74) is 9.77. The molecule has 1 unspecified atom stereocenters. The van der Waals surface area contributed by atoms with Crippen LogP contribution in [0.4, 0.5) is 0 Å². The number of ether oxygens (including phenoxy) is 1. The molecule has 2 aromatic rings. The van der Waals surface area contributed by atoms with E-state index in [1.54, 1.807) is 0 Å². The summed E-state index contributed by atoms with van der Waals surface area (Å²) >= 11 is 0. The van der Waals surface area contributed by atoms with Gasteiger partial charge in [0, 0.05) is 19.3 Å². The molecule has 0 aliphatic rings. The van der Waals surface area contributed by atoms with Crippen LogP contribution < -0.4 is 5.73 Å². The summed E-state index contributed by atoms with van der Waals surface area (Å²) in [6, 6.07) is 18.9. The fourth-order valence-corrected chi connectivity index (χ4v) is 2.07. The van der Waals surface area contributed by atoms with E-state index in [9.17, 15) is 0 Å². The van der Waals surface area contributed by atoms with Gasteiger partial charge >= 0.3 is 0 Å². The number of rotatable bonds is 6. The van der Waals surface area contributed by atoms with Crippen molar-refractivity contribution in [3.8, 4) is 11.1 Å². The van der Waals surface area contributed by atoms with Gasteiger partial charge < -0.3 is 10.5 Å². The molecule has 2 nitrogen and oxygen atoms in total. The van der Waals surface area contributed by atoms with E-state index in [4.69, 9.17) is 10.5 Å². The highest BCUT2D eigenvalue weighted by atomic mass is 16.5. The summed E-state index contributed by atoms with van der Waals surface area (Å²) in [5, 5.41) is 0. The van der Waals surface area contributed by atoms with Crippen LogP contribution in [0.15, 0.2) is 54.6 Å². The summed E-state index contributed by atoms with van der Waals surface area (Å²) in [6.07, 6.45) is 0.860. The van der Waals surface area contributed by atoms with Crippen molar-refractivity contribution in [1.82, 2.24) is 0 Å². The molecule has 0 aliphatic heterocycles. The van der Waals surface area contributed by atoms with Gasteiger partial charge in [-0.05, 0) is 30.0 Å². The second kappa shape index (κ2) is 7.07. The number of hydrogen-bond acceptors (Lipinski definition) is 2. The largest absolute Gasteiger partial charge is 0.382 e. The highest BCUT2D eigenvalue weighted by Gasteiger charge is 2.06. The molecule has 2 aromatic carbocycles. The lowest BCUT2D eigenvalue weighted by molar-refractivity contribution is 0.140. The van der Waals surface area contributed by atoms with E-state index in [2.05, 4.69) is 48.5 Å². The minimum atomic E-state index is 0.0522. The molecule has 19 heavy (non-hydrogen) atoms. The van der Waals surface area contributed by atoms with Crippen LogP contribution in [0.25, 0.3) is 11.1 Å². The van der Waals surface area contributed by atoms with Gasteiger partial charge in [-0.15, -0.1) is 0 Å². The van der Waals surface area contributed by atoms with Crippen molar-refractivity contribution in [3.63, 3.8) is 0 Å². The predicted octanol–water partition coefficient (Wildman–Crippen LogP) is 3.78. The monoisotopic (exact) mass is 255 g/mol. The Bertz CT molecular complexity index is 478. The zero-order valence-corrected chi connectivity index (χ0v) is 11.4. The lowest BCUT2D eigenvalue weighted by Crippen LogP contribution is -2.13. The summed E-state index contributed by atoms with van der Waals surface area (Å²) in [4.78, 5) is 0. The van der Waals surface area contributed by atoms with E-state index >= 15 is 0 Å².